The summed E-state index contributed by atoms with van der Waals surface area (Å²) < 4.78 is 0. The molecule has 0 heterocycles. The van der Waals surface area contributed by atoms with E-state index in [1.807, 2.05) is 19.1 Å². The second-order valence-corrected chi connectivity index (χ2v) is 4.20. The first-order valence-corrected chi connectivity index (χ1v) is 5.86. The minimum absolute atomic E-state index is 0.129. The number of hydrogen-bond acceptors (Lipinski definition) is 3. The van der Waals surface area contributed by atoms with E-state index in [2.05, 4.69) is 0 Å². The van der Waals surface area contributed by atoms with Crippen LogP contribution in [0.15, 0.2) is 54.6 Å². The van der Waals surface area contributed by atoms with Crippen molar-refractivity contribution in [3.63, 3.8) is 0 Å². The van der Waals surface area contributed by atoms with Gasteiger partial charge in [0.1, 0.15) is 5.76 Å². The average Bonchev–Trinajstić information content (AvgIpc) is 2.39. The number of aryl methyl sites for hydroxylation is 1. The van der Waals surface area contributed by atoms with Crippen LogP contribution >= 0.6 is 0 Å². The molecule has 0 radical (unpaired) electrons. The van der Waals surface area contributed by atoms with Gasteiger partial charge in [-0.25, -0.2) is 0 Å². The predicted molar refractivity (Wildman–Crippen MR) is 72.0 cm³/mol. The molecule has 0 aliphatic heterocycles. The first-order chi connectivity index (χ1) is 9.09. The summed E-state index contributed by atoms with van der Waals surface area (Å²) in [5.41, 5.74) is 1.47. The number of aliphatic hydroxyl groups is 1. The minimum atomic E-state index is -0.321. The molecule has 19 heavy (non-hydrogen) atoms. The van der Waals surface area contributed by atoms with Gasteiger partial charge in [0.05, 0.1) is 0 Å². The maximum Gasteiger partial charge on any atom is 0.189 e. The molecule has 96 valence electrons. The van der Waals surface area contributed by atoms with Crippen LogP contribution in [0.25, 0.3) is 5.76 Å². The molecule has 3 heteroatoms. The van der Waals surface area contributed by atoms with Gasteiger partial charge >= 0.3 is 0 Å². The van der Waals surface area contributed by atoms with Crippen LogP contribution in [0, 0.1) is 6.92 Å². The summed E-state index contributed by atoms with van der Waals surface area (Å²) in [7, 11) is 0. The third-order valence-corrected chi connectivity index (χ3v) is 2.84. The number of ketones is 1. The number of hydrogen-bond donors (Lipinski definition) is 1. The fourth-order valence-corrected chi connectivity index (χ4v) is 1.81. The van der Waals surface area contributed by atoms with Crippen LogP contribution in [-0.4, -0.2) is 10.9 Å². The van der Waals surface area contributed by atoms with Crippen molar-refractivity contribution in [3.05, 3.63) is 71.3 Å². The lowest BCUT2D eigenvalue weighted by Crippen LogP contribution is -2.01. The van der Waals surface area contributed by atoms with E-state index in [9.17, 15) is 15.0 Å². The van der Waals surface area contributed by atoms with Crippen molar-refractivity contribution in [2.45, 2.75) is 6.92 Å². The smallest absolute Gasteiger partial charge is 0.189 e. The van der Waals surface area contributed by atoms with Crippen LogP contribution in [0.2, 0.25) is 0 Å². The summed E-state index contributed by atoms with van der Waals surface area (Å²) in [5.74, 6) is -0.938. The standard InChI is InChI=1S/C16H14O3/c1-11-6-2-3-7-12(11)15(18)10-16(19)13-8-4-5-9-14(13)17/h2-10,17,19H,1H3/p-1/b16-10-. The Morgan fingerprint density at radius 1 is 1.05 bits per heavy atom. The van der Waals surface area contributed by atoms with Gasteiger partial charge in [-0.05, 0) is 12.5 Å². The van der Waals surface area contributed by atoms with Gasteiger partial charge in [-0.3, -0.25) is 4.79 Å². The molecule has 0 fully saturated rings. The molecule has 0 atom stereocenters. The van der Waals surface area contributed by atoms with Gasteiger partial charge in [-0.15, -0.1) is 0 Å². The highest BCUT2D eigenvalue weighted by Crippen LogP contribution is 2.21. The highest BCUT2D eigenvalue weighted by molar-refractivity contribution is 6.08. The Labute approximate surface area is 111 Å². The Kier molecular flexibility index (Phi) is 3.66. The zero-order valence-corrected chi connectivity index (χ0v) is 10.5. The van der Waals surface area contributed by atoms with Crippen molar-refractivity contribution in [1.29, 1.82) is 0 Å². The van der Waals surface area contributed by atoms with Gasteiger partial charge in [0.15, 0.2) is 5.78 Å². The molecule has 0 saturated carbocycles. The molecule has 2 aromatic rings. The lowest BCUT2D eigenvalue weighted by molar-refractivity contribution is -0.268. The fourth-order valence-electron chi connectivity index (χ4n) is 1.81. The lowest BCUT2D eigenvalue weighted by atomic mass is 10.0. The van der Waals surface area contributed by atoms with Crippen molar-refractivity contribution < 1.29 is 15.0 Å². The van der Waals surface area contributed by atoms with E-state index in [1.165, 1.54) is 12.1 Å². The van der Waals surface area contributed by atoms with Crippen molar-refractivity contribution in [2.75, 3.05) is 0 Å². The third-order valence-electron chi connectivity index (χ3n) is 2.84. The van der Waals surface area contributed by atoms with Crippen molar-refractivity contribution >= 4 is 11.5 Å². The predicted octanol–water partition coefficient (Wildman–Crippen LogP) is 2.85. The van der Waals surface area contributed by atoms with Crippen molar-refractivity contribution in [2.24, 2.45) is 0 Å². The molecule has 2 aromatic carbocycles. The number of carbonyl (C=O) groups is 1. The SMILES string of the molecule is Cc1ccccc1C(=O)/C=C(\O)c1ccccc1[O-]. The molecule has 0 amide bonds. The fraction of sp³-hybridized carbons (Fsp3) is 0.0625. The van der Waals surface area contributed by atoms with E-state index in [0.29, 0.717) is 5.56 Å². The molecule has 0 aromatic heterocycles. The highest BCUT2D eigenvalue weighted by atomic mass is 16.3. The number of allylic oxidation sites excluding steroid dienone is 1. The summed E-state index contributed by atoms with van der Waals surface area (Å²) in [5, 5.41) is 21.4. The van der Waals surface area contributed by atoms with E-state index in [-0.39, 0.29) is 22.9 Å². The quantitative estimate of drug-likeness (QED) is 0.520. The zero-order valence-electron chi connectivity index (χ0n) is 10.5. The molecule has 1 N–H and O–H groups in total. The van der Waals surface area contributed by atoms with Crippen LogP contribution in [0.3, 0.4) is 0 Å². The molecule has 0 spiro atoms. The largest absolute Gasteiger partial charge is 0.872 e. The first kappa shape index (κ1) is 12.9. The third kappa shape index (κ3) is 2.83. The second-order valence-electron chi connectivity index (χ2n) is 4.20. The molecule has 0 unspecified atom stereocenters. The van der Waals surface area contributed by atoms with Gasteiger partial charge in [0, 0.05) is 17.2 Å². The Morgan fingerprint density at radius 2 is 1.63 bits per heavy atom. The normalized spacial score (nSPS) is 11.3. The molecular weight excluding hydrogens is 240 g/mol. The van der Waals surface area contributed by atoms with E-state index >= 15 is 0 Å². The zero-order chi connectivity index (χ0) is 13.8. The van der Waals surface area contributed by atoms with E-state index < -0.39 is 0 Å². The molecule has 2 rings (SSSR count). The molecule has 0 bridgehead atoms. The van der Waals surface area contributed by atoms with Gasteiger partial charge in [0.25, 0.3) is 0 Å². The van der Waals surface area contributed by atoms with Crippen molar-refractivity contribution in [1.82, 2.24) is 0 Å². The van der Waals surface area contributed by atoms with Crippen LogP contribution in [-0.2, 0) is 0 Å². The number of benzene rings is 2. The Bertz CT molecular complexity index is 642. The molecule has 3 nitrogen and oxygen atoms in total. The molecular formula is C16H13O3-. The second kappa shape index (κ2) is 5.40. The van der Waals surface area contributed by atoms with Crippen molar-refractivity contribution in [3.8, 4) is 5.75 Å². The average molecular weight is 253 g/mol. The van der Waals surface area contributed by atoms with Gasteiger partial charge < -0.3 is 10.2 Å². The van der Waals surface area contributed by atoms with Gasteiger partial charge in [-0.1, -0.05) is 54.3 Å². The first-order valence-electron chi connectivity index (χ1n) is 5.86. The van der Waals surface area contributed by atoms with Gasteiger partial charge in [-0.2, -0.15) is 0 Å². The summed E-state index contributed by atoms with van der Waals surface area (Å²) in [6.07, 6.45) is 1.08. The Balaban J connectivity index is 2.34. The molecule has 0 aliphatic rings. The summed E-state index contributed by atoms with van der Waals surface area (Å²) >= 11 is 0. The molecule has 0 saturated heterocycles. The minimum Gasteiger partial charge on any atom is -0.872 e. The number of aliphatic hydroxyl groups excluding tert-OH is 1. The maximum atomic E-state index is 12.0. The van der Waals surface area contributed by atoms with E-state index in [0.717, 1.165) is 11.6 Å². The highest BCUT2D eigenvalue weighted by Gasteiger charge is 2.08. The topological polar surface area (TPSA) is 60.4 Å². The van der Waals surface area contributed by atoms with E-state index in [1.54, 1.807) is 24.3 Å². The van der Waals surface area contributed by atoms with Gasteiger partial charge in [0.2, 0.25) is 0 Å². The number of para-hydroxylation sites is 1. The lowest BCUT2D eigenvalue weighted by Gasteiger charge is -2.11. The number of carbonyl (C=O) groups excluding carboxylic acids is 1. The molecule has 0 aliphatic carbocycles. The van der Waals surface area contributed by atoms with Crippen LogP contribution in [0.4, 0.5) is 0 Å². The maximum absolute atomic E-state index is 12.0. The summed E-state index contributed by atoms with van der Waals surface area (Å²) in [6.45, 7) is 1.82. The van der Waals surface area contributed by atoms with Crippen LogP contribution in [0.5, 0.6) is 5.75 Å². The Morgan fingerprint density at radius 3 is 2.26 bits per heavy atom. The number of rotatable bonds is 3. The van der Waals surface area contributed by atoms with E-state index in [4.69, 9.17) is 0 Å². The van der Waals surface area contributed by atoms with Crippen LogP contribution < -0.4 is 5.11 Å². The monoisotopic (exact) mass is 253 g/mol. The summed E-state index contributed by atoms with van der Waals surface area (Å²) in [4.78, 5) is 12.0. The van der Waals surface area contributed by atoms with Crippen LogP contribution in [0.1, 0.15) is 21.5 Å². The Hall–Kier alpha value is -2.55. The summed E-state index contributed by atoms with van der Waals surface area (Å²) in [6, 6.07) is 13.2.